The van der Waals surface area contributed by atoms with Crippen LogP contribution in [0, 0.1) is 0 Å². The van der Waals surface area contributed by atoms with Gasteiger partial charge in [-0.25, -0.2) is 9.89 Å². The highest BCUT2D eigenvalue weighted by Crippen LogP contribution is 2.30. The SMILES string of the molecule is CCCc1ccc(OC)cc1Oc1nn[nH]c1C(=O)OCC. The van der Waals surface area contributed by atoms with Crippen LogP contribution in [0.15, 0.2) is 18.2 Å². The van der Waals surface area contributed by atoms with E-state index in [-0.39, 0.29) is 18.2 Å². The summed E-state index contributed by atoms with van der Waals surface area (Å²) in [6, 6.07) is 5.56. The number of esters is 1. The molecule has 0 fully saturated rings. The molecule has 2 aromatic rings. The summed E-state index contributed by atoms with van der Waals surface area (Å²) in [5, 5.41) is 9.91. The number of methoxy groups -OCH3 is 1. The first-order valence-corrected chi connectivity index (χ1v) is 7.12. The van der Waals surface area contributed by atoms with Crippen LogP contribution in [-0.4, -0.2) is 35.1 Å². The van der Waals surface area contributed by atoms with E-state index in [2.05, 4.69) is 22.3 Å². The second kappa shape index (κ2) is 7.44. The Hall–Kier alpha value is -2.57. The Balaban J connectivity index is 2.30. The number of nitrogens with one attached hydrogen (secondary N) is 1. The maximum Gasteiger partial charge on any atom is 0.362 e. The second-order valence-corrected chi connectivity index (χ2v) is 4.54. The number of ether oxygens (including phenoxy) is 3. The topological polar surface area (TPSA) is 86.3 Å². The molecule has 1 aromatic carbocycles. The van der Waals surface area contributed by atoms with Gasteiger partial charge >= 0.3 is 5.97 Å². The van der Waals surface area contributed by atoms with Gasteiger partial charge < -0.3 is 14.2 Å². The van der Waals surface area contributed by atoms with E-state index in [1.807, 2.05) is 12.1 Å². The van der Waals surface area contributed by atoms with Gasteiger partial charge in [0.25, 0.3) is 5.88 Å². The van der Waals surface area contributed by atoms with Gasteiger partial charge in [0.15, 0.2) is 0 Å². The predicted molar refractivity (Wildman–Crippen MR) is 79.4 cm³/mol. The third-order valence-electron chi connectivity index (χ3n) is 3.00. The zero-order valence-corrected chi connectivity index (χ0v) is 12.9. The summed E-state index contributed by atoms with van der Waals surface area (Å²) >= 11 is 0. The molecule has 1 heterocycles. The van der Waals surface area contributed by atoms with Crippen molar-refractivity contribution in [2.75, 3.05) is 13.7 Å². The van der Waals surface area contributed by atoms with Crippen molar-refractivity contribution in [3.63, 3.8) is 0 Å². The summed E-state index contributed by atoms with van der Waals surface area (Å²) in [4.78, 5) is 11.8. The molecule has 7 nitrogen and oxygen atoms in total. The van der Waals surface area contributed by atoms with Crippen LogP contribution in [-0.2, 0) is 11.2 Å². The van der Waals surface area contributed by atoms with E-state index in [0.717, 1.165) is 18.4 Å². The van der Waals surface area contributed by atoms with Crippen LogP contribution in [0.25, 0.3) is 0 Å². The molecule has 22 heavy (non-hydrogen) atoms. The number of carbonyl (C=O) groups excluding carboxylic acids is 1. The zero-order valence-electron chi connectivity index (χ0n) is 12.9. The van der Waals surface area contributed by atoms with Crippen molar-refractivity contribution in [1.29, 1.82) is 0 Å². The summed E-state index contributed by atoms with van der Waals surface area (Å²) < 4.78 is 15.9. The minimum absolute atomic E-state index is 0.0871. The molecule has 0 amide bonds. The number of H-pyrrole nitrogens is 1. The van der Waals surface area contributed by atoms with Crippen LogP contribution in [0.2, 0.25) is 0 Å². The summed E-state index contributed by atoms with van der Waals surface area (Å²) in [6.07, 6.45) is 1.80. The number of benzene rings is 1. The van der Waals surface area contributed by atoms with Crippen molar-refractivity contribution in [3.05, 3.63) is 29.5 Å². The van der Waals surface area contributed by atoms with Crippen LogP contribution in [0.5, 0.6) is 17.4 Å². The molecule has 0 unspecified atom stereocenters. The highest BCUT2D eigenvalue weighted by Gasteiger charge is 2.20. The molecule has 1 N–H and O–H groups in total. The molecule has 0 saturated carbocycles. The number of aryl methyl sites for hydroxylation is 1. The normalized spacial score (nSPS) is 10.3. The van der Waals surface area contributed by atoms with Gasteiger partial charge in [-0.15, -0.1) is 0 Å². The number of aromatic amines is 1. The van der Waals surface area contributed by atoms with Gasteiger partial charge in [0, 0.05) is 6.07 Å². The fourth-order valence-corrected chi connectivity index (χ4v) is 1.96. The summed E-state index contributed by atoms with van der Waals surface area (Å²) in [6.45, 7) is 4.06. The van der Waals surface area contributed by atoms with Gasteiger partial charge in [0.2, 0.25) is 5.69 Å². The lowest BCUT2D eigenvalue weighted by atomic mass is 10.1. The summed E-state index contributed by atoms with van der Waals surface area (Å²) in [7, 11) is 1.58. The largest absolute Gasteiger partial charge is 0.497 e. The lowest BCUT2D eigenvalue weighted by molar-refractivity contribution is 0.0516. The molecular weight excluding hydrogens is 286 g/mol. The van der Waals surface area contributed by atoms with Gasteiger partial charge in [-0.3, -0.25) is 0 Å². The van der Waals surface area contributed by atoms with E-state index in [0.29, 0.717) is 11.5 Å². The van der Waals surface area contributed by atoms with Crippen molar-refractivity contribution in [2.45, 2.75) is 26.7 Å². The minimum Gasteiger partial charge on any atom is -0.497 e. The maximum atomic E-state index is 11.8. The van der Waals surface area contributed by atoms with Crippen molar-refractivity contribution < 1.29 is 19.0 Å². The van der Waals surface area contributed by atoms with Gasteiger partial charge in [-0.1, -0.05) is 29.7 Å². The third-order valence-corrected chi connectivity index (χ3v) is 3.00. The third kappa shape index (κ3) is 3.55. The Morgan fingerprint density at radius 2 is 2.14 bits per heavy atom. The average Bonchev–Trinajstić information content (AvgIpc) is 2.97. The summed E-state index contributed by atoms with van der Waals surface area (Å²) in [5.74, 6) is 0.781. The number of carbonyl (C=O) groups is 1. The monoisotopic (exact) mass is 305 g/mol. The van der Waals surface area contributed by atoms with E-state index < -0.39 is 5.97 Å². The number of hydrogen-bond acceptors (Lipinski definition) is 6. The molecule has 0 aliphatic rings. The molecule has 0 radical (unpaired) electrons. The van der Waals surface area contributed by atoms with Gasteiger partial charge in [0.1, 0.15) is 11.5 Å². The quantitative estimate of drug-likeness (QED) is 0.791. The fraction of sp³-hybridized carbons (Fsp3) is 0.400. The maximum absolute atomic E-state index is 11.8. The van der Waals surface area contributed by atoms with Crippen molar-refractivity contribution >= 4 is 5.97 Å². The number of hydrogen-bond donors (Lipinski definition) is 1. The average molecular weight is 305 g/mol. The Morgan fingerprint density at radius 1 is 1.32 bits per heavy atom. The molecule has 0 aliphatic heterocycles. The lowest BCUT2D eigenvalue weighted by Crippen LogP contribution is -2.07. The lowest BCUT2D eigenvalue weighted by Gasteiger charge is -2.11. The van der Waals surface area contributed by atoms with Crippen LogP contribution < -0.4 is 9.47 Å². The predicted octanol–water partition coefficient (Wildman–Crippen LogP) is 2.73. The second-order valence-electron chi connectivity index (χ2n) is 4.54. The minimum atomic E-state index is -0.553. The Bertz CT molecular complexity index is 639. The van der Waals surface area contributed by atoms with E-state index in [1.165, 1.54) is 0 Å². The highest BCUT2D eigenvalue weighted by molar-refractivity contribution is 5.89. The van der Waals surface area contributed by atoms with Gasteiger partial charge in [-0.05, 0) is 25.0 Å². The van der Waals surface area contributed by atoms with Crippen molar-refractivity contribution in [3.8, 4) is 17.4 Å². The molecule has 118 valence electrons. The molecule has 1 aromatic heterocycles. The summed E-state index contributed by atoms with van der Waals surface area (Å²) in [5.41, 5.74) is 1.09. The number of nitrogens with zero attached hydrogens (tertiary/aromatic N) is 2. The Labute approximate surface area is 128 Å². The fourth-order valence-electron chi connectivity index (χ4n) is 1.96. The first-order valence-electron chi connectivity index (χ1n) is 7.12. The first-order chi connectivity index (χ1) is 10.7. The Morgan fingerprint density at radius 3 is 2.82 bits per heavy atom. The molecule has 7 heteroatoms. The molecule has 0 saturated heterocycles. The molecule has 0 bridgehead atoms. The zero-order chi connectivity index (χ0) is 15.9. The van der Waals surface area contributed by atoms with Crippen molar-refractivity contribution in [2.24, 2.45) is 0 Å². The van der Waals surface area contributed by atoms with E-state index in [9.17, 15) is 4.79 Å². The smallest absolute Gasteiger partial charge is 0.362 e. The van der Waals surface area contributed by atoms with Crippen LogP contribution in [0.4, 0.5) is 0 Å². The van der Waals surface area contributed by atoms with Crippen LogP contribution >= 0.6 is 0 Å². The number of aromatic nitrogens is 3. The van der Waals surface area contributed by atoms with E-state index in [4.69, 9.17) is 14.2 Å². The molecule has 0 spiro atoms. The number of rotatable bonds is 7. The van der Waals surface area contributed by atoms with Gasteiger partial charge in [-0.2, -0.15) is 0 Å². The highest BCUT2D eigenvalue weighted by atomic mass is 16.5. The molecule has 0 atom stereocenters. The molecule has 2 rings (SSSR count). The molecular formula is C15H19N3O4. The van der Waals surface area contributed by atoms with Gasteiger partial charge in [0.05, 0.1) is 13.7 Å². The van der Waals surface area contributed by atoms with Crippen LogP contribution in [0.1, 0.15) is 36.3 Å². The molecule has 0 aliphatic carbocycles. The van der Waals surface area contributed by atoms with E-state index in [1.54, 1.807) is 20.1 Å². The van der Waals surface area contributed by atoms with E-state index >= 15 is 0 Å². The van der Waals surface area contributed by atoms with Crippen LogP contribution in [0.3, 0.4) is 0 Å². The standard InChI is InChI=1S/C15H19N3O4/c1-4-6-10-7-8-11(20-3)9-12(10)22-14-13(16-18-17-14)15(19)21-5-2/h7-9H,4-6H2,1-3H3,(H,16,17,18). The first kappa shape index (κ1) is 15.8. The Kier molecular flexibility index (Phi) is 5.35. The van der Waals surface area contributed by atoms with Crippen molar-refractivity contribution in [1.82, 2.24) is 15.4 Å².